The molecule has 1 aromatic carbocycles. The molecule has 0 bridgehead atoms. The first-order valence-corrected chi connectivity index (χ1v) is 8.05. The molecule has 0 unspecified atom stereocenters. The lowest BCUT2D eigenvalue weighted by molar-refractivity contribution is 0.582. The maximum absolute atomic E-state index is 6.11. The van der Waals surface area contributed by atoms with Gasteiger partial charge in [0.25, 0.3) is 0 Å². The van der Waals surface area contributed by atoms with Crippen LogP contribution in [-0.2, 0) is 6.42 Å². The van der Waals surface area contributed by atoms with Gasteiger partial charge in [-0.05, 0) is 31.5 Å². The molecule has 22 heavy (non-hydrogen) atoms. The fourth-order valence-corrected chi connectivity index (χ4v) is 3.13. The Bertz CT molecular complexity index is 666. The van der Waals surface area contributed by atoms with Crippen molar-refractivity contribution < 1.29 is 0 Å². The first-order chi connectivity index (χ1) is 10.6. The number of piperazine rings is 1. The monoisotopic (exact) mass is 316 g/mol. The average Bonchev–Trinajstić information content (AvgIpc) is 2.51. The Morgan fingerprint density at radius 2 is 1.95 bits per heavy atom. The summed E-state index contributed by atoms with van der Waals surface area (Å²) in [6.07, 6.45) is 0.811. The minimum absolute atomic E-state index is 0.770. The summed E-state index contributed by atoms with van der Waals surface area (Å²) in [5, 5.41) is 4.16. The smallest absolute Gasteiger partial charge is 0.136 e. The summed E-state index contributed by atoms with van der Waals surface area (Å²) in [7, 11) is 0. The highest BCUT2D eigenvalue weighted by molar-refractivity contribution is 6.30. The number of hydrogen-bond acceptors (Lipinski definition) is 4. The predicted octanol–water partition coefficient (Wildman–Crippen LogP) is 2.75. The number of aryl methyl sites for hydroxylation is 2. The lowest BCUT2D eigenvalue weighted by Crippen LogP contribution is -2.44. The van der Waals surface area contributed by atoms with E-state index in [1.807, 2.05) is 25.1 Å². The van der Waals surface area contributed by atoms with Crippen molar-refractivity contribution in [3.05, 3.63) is 51.9 Å². The van der Waals surface area contributed by atoms with Gasteiger partial charge in [-0.1, -0.05) is 23.7 Å². The Kier molecular flexibility index (Phi) is 4.60. The summed E-state index contributed by atoms with van der Waals surface area (Å²) in [6, 6.07) is 8.02. The zero-order valence-electron chi connectivity index (χ0n) is 13.1. The molecule has 4 nitrogen and oxygen atoms in total. The Hall–Kier alpha value is -1.65. The van der Waals surface area contributed by atoms with E-state index in [1.54, 1.807) is 0 Å². The number of benzene rings is 1. The van der Waals surface area contributed by atoms with Gasteiger partial charge in [0.05, 0.1) is 0 Å². The van der Waals surface area contributed by atoms with Gasteiger partial charge in [0.1, 0.15) is 11.6 Å². The minimum atomic E-state index is 0.770. The van der Waals surface area contributed by atoms with Gasteiger partial charge in [-0.15, -0.1) is 0 Å². The summed E-state index contributed by atoms with van der Waals surface area (Å²) >= 11 is 6.11. The average molecular weight is 317 g/mol. The molecule has 2 heterocycles. The van der Waals surface area contributed by atoms with Gasteiger partial charge >= 0.3 is 0 Å². The lowest BCUT2D eigenvalue weighted by Gasteiger charge is -2.30. The SMILES string of the molecule is Cc1nc(C)c(Cc2cccc(Cl)c2)c(N2CCNCC2)n1. The van der Waals surface area contributed by atoms with Crippen LogP contribution in [0.1, 0.15) is 22.6 Å². The van der Waals surface area contributed by atoms with Crippen LogP contribution in [-0.4, -0.2) is 36.1 Å². The van der Waals surface area contributed by atoms with Crippen molar-refractivity contribution in [1.29, 1.82) is 0 Å². The van der Waals surface area contributed by atoms with Crippen LogP contribution in [0, 0.1) is 13.8 Å². The van der Waals surface area contributed by atoms with Gasteiger partial charge < -0.3 is 10.2 Å². The number of rotatable bonds is 3. The molecular formula is C17H21ClN4. The third-order valence-electron chi connectivity index (χ3n) is 3.99. The highest BCUT2D eigenvalue weighted by Crippen LogP contribution is 2.25. The zero-order chi connectivity index (χ0) is 15.5. The molecule has 0 amide bonds. The largest absolute Gasteiger partial charge is 0.354 e. The second-order valence-corrected chi connectivity index (χ2v) is 6.14. The Morgan fingerprint density at radius 1 is 1.18 bits per heavy atom. The number of nitrogens with one attached hydrogen (secondary N) is 1. The first kappa shape index (κ1) is 15.3. The van der Waals surface area contributed by atoms with Crippen molar-refractivity contribution in [1.82, 2.24) is 15.3 Å². The highest BCUT2D eigenvalue weighted by Gasteiger charge is 2.19. The molecule has 5 heteroatoms. The van der Waals surface area contributed by atoms with Crippen molar-refractivity contribution in [2.45, 2.75) is 20.3 Å². The predicted molar refractivity (Wildman–Crippen MR) is 90.8 cm³/mol. The first-order valence-electron chi connectivity index (χ1n) is 7.68. The van der Waals surface area contributed by atoms with Crippen LogP contribution >= 0.6 is 11.6 Å². The normalized spacial score (nSPS) is 15.1. The number of nitrogens with zero attached hydrogens (tertiary/aromatic N) is 3. The summed E-state index contributed by atoms with van der Waals surface area (Å²) < 4.78 is 0. The van der Waals surface area contributed by atoms with Crippen LogP contribution in [0.2, 0.25) is 5.02 Å². The Morgan fingerprint density at radius 3 is 2.68 bits per heavy atom. The van der Waals surface area contributed by atoms with Gasteiger partial charge in [0.15, 0.2) is 0 Å². The molecule has 0 spiro atoms. The maximum atomic E-state index is 6.11. The van der Waals surface area contributed by atoms with Crippen LogP contribution in [0.3, 0.4) is 0 Å². The minimum Gasteiger partial charge on any atom is -0.354 e. The van der Waals surface area contributed by atoms with Gasteiger partial charge in [-0.3, -0.25) is 0 Å². The van der Waals surface area contributed by atoms with Crippen LogP contribution in [0.25, 0.3) is 0 Å². The molecule has 1 saturated heterocycles. The molecule has 1 fully saturated rings. The van der Waals surface area contributed by atoms with E-state index in [4.69, 9.17) is 16.6 Å². The second kappa shape index (κ2) is 6.63. The van der Waals surface area contributed by atoms with Gasteiger partial charge in [0.2, 0.25) is 0 Å². The summed E-state index contributed by atoms with van der Waals surface area (Å²) in [6.45, 7) is 8.00. The van der Waals surface area contributed by atoms with E-state index in [2.05, 4.69) is 28.2 Å². The van der Waals surface area contributed by atoms with E-state index < -0.39 is 0 Å². The van der Waals surface area contributed by atoms with Crippen molar-refractivity contribution >= 4 is 17.4 Å². The number of halogens is 1. The second-order valence-electron chi connectivity index (χ2n) is 5.70. The Labute approximate surface area is 136 Å². The van der Waals surface area contributed by atoms with E-state index in [-0.39, 0.29) is 0 Å². The molecule has 0 atom stereocenters. The molecular weight excluding hydrogens is 296 g/mol. The fourth-order valence-electron chi connectivity index (χ4n) is 2.91. The fraction of sp³-hybridized carbons (Fsp3) is 0.412. The van der Waals surface area contributed by atoms with Crippen LogP contribution in [0.4, 0.5) is 5.82 Å². The van der Waals surface area contributed by atoms with E-state index in [1.165, 1.54) is 11.1 Å². The van der Waals surface area contributed by atoms with Gasteiger partial charge in [-0.25, -0.2) is 9.97 Å². The molecule has 1 aliphatic rings. The van der Waals surface area contributed by atoms with E-state index in [0.717, 1.165) is 55.0 Å². The van der Waals surface area contributed by atoms with E-state index in [0.29, 0.717) is 0 Å². The molecule has 1 aliphatic heterocycles. The molecule has 0 radical (unpaired) electrons. The molecule has 0 aliphatic carbocycles. The van der Waals surface area contributed by atoms with Crippen molar-refractivity contribution in [3.63, 3.8) is 0 Å². The van der Waals surface area contributed by atoms with Crippen LogP contribution in [0.15, 0.2) is 24.3 Å². The Balaban J connectivity index is 1.98. The molecule has 1 N–H and O–H groups in total. The molecule has 1 aromatic heterocycles. The van der Waals surface area contributed by atoms with Crippen LogP contribution in [0.5, 0.6) is 0 Å². The topological polar surface area (TPSA) is 41.1 Å². The third kappa shape index (κ3) is 3.39. The van der Waals surface area contributed by atoms with Gasteiger partial charge in [-0.2, -0.15) is 0 Å². The quantitative estimate of drug-likeness (QED) is 0.945. The number of anilines is 1. The number of hydrogen-bond donors (Lipinski definition) is 1. The molecule has 3 rings (SSSR count). The van der Waals surface area contributed by atoms with Crippen LogP contribution < -0.4 is 10.2 Å². The number of aromatic nitrogens is 2. The summed E-state index contributed by atoms with van der Waals surface area (Å²) in [5.41, 5.74) is 3.45. The summed E-state index contributed by atoms with van der Waals surface area (Å²) in [5.74, 6) is 1.91. The molecule has 116 valence electrons. The molecule has 0 saturated carbocycles. The third-order valence-corrected chi connectivity index (χ3v) is 4.23. The highest BCUT2D eigenvalue weighted by atomic mass is 35.5. The van der Waals surface area contributed by atoms with E-state index in [9.17, 15) is 0 Å². The zero-order valence-corrected chi connectivity index (χ0v) is 13.8. The van der Waals surface area contributed by atoms with E-state index >= 15 is 0 Å². The molecule has 2 aromatic rings. The van der Waals surface area contributed by atoms with Crippen molar-refractivity contribution in [2.24, 2.45) is 0 Å². The standard InChI is InChI=1S/C17H21ClN4/c1-12-16(11-14-4-3-5-15(18)10-14)17(21-13(2)20-12)22-8-6-19-7-9-22/h3-5,10,19H,6-9,11H2,1-2H3. The van der Waals surface area contributed by atoms with Gasteiger partial charge in [0, 0.05) is 48.9 Å². The maximum Gasteiger partial charge on any atom is 0.136 e. The summed E-state index contributed by atoms with van der Waals surface area (Å²) in [4.78, 5) is 11.7. The lowest BCUT2D eigenvalue weighted by atomic mass is 10.0. The van der Waals surface area contributed by atoms with Crippen molar-refractivity contribution in [2.75, 3.05) is 31.1 Å². The van der Waals surface area contributed by atoms with Crippen molar-refractivity contribution in [3.8, 4) is 0 Å².